The summed E-state index contributed by atoms with van der Waals surface area (Å²) in [5, 5.41) is 14.4. The Morgan fingerprint density at radius 1 is 1.33 bits per heavy atom. The van der Waals surface area contributed by atoms with Crippen LogP contribution in [0, 0.1) is 0 Å². The van der Waals surface area contributed by atoms with Crippen molar-refractivity contribution < 1.29 is 4.79 Å². The average Bonchev–Trinajstić information content (AvgIpc) is 2.96. The number of hydrogen-bond donors (Lipinski definition) is 1. The minimum Gasteiger partial charge on any atom is -0.321 e. The standard InChI is InChI=1S/C15H17N5O/c1-3-5-6-11-15(21)16-12-9-7-8-10-13(12)20-14(4-2)17-18-19-20/h3,5-11H,4H2,1-2H3,(H,16,21). The maximum absolute atomic E-state index is 11.9. The summed E-state index contributed by atoms with van der Waals surface area (Å²) in [4.78, 5) is 11.9. The van der Waals surface area contributed by atoms with Crippen LogP contribution in [0.5, 0.6) is 0 Å². The van der Waals surface area contributed by atoms with E-state index < -0.39 is 0 Å². The molecule has 2 aromatic rings. The first-order valence-electron chi connectivity index (χ1n) is 6.73. The Hall–Kier alpha value is -2.76. The quantitative estimate of drug-likeness (QED) is 0.675. The topological polar surface area (TPSA) is 72.7 Å². The molecule has 1 heterocycles. The molecule has 0 aliphatic heterocycles. The molecule has 0 saturated heterocycles. The van der Waals surface area contributed by atoms with E-state index in [1.165, 1.54) is 6.08 Å². The van der Waals surface area contributed by atoms with Crippen molar-refractivity contribution in [3.8, 4) is 5.69 Å². The van der Waals surface area contributed by atoms with Crippen molar-refractivity contribution in [2.45, 2.75) is 20.3 Å². The first-order chi connectivity index (χ1) is 10.3. The molecule has 1 N–H and O–H groups in total. The van der Waals surface area contributed by atoms with Crippen molar-refractivity contribution in [1.82, 2.24) is 20.2 Å². The predicted molar refractivity (Wildman–Crippen MR) is 81.1 cm³/mol. The maximum atomic E-state index is 11.9. The number of benzene rings is 1. The fraction of sp³-hybridized carbons (Fsp3) is 0.200. The summed E-state index contributed by atoms with van der Waals surface area (Å²) < 4.78 is 1.63. The molecule has 0 aliphatic rings. The zero-order chi connectivity index (χ0) is 15.1. The van der Waals surface area contributed by atoms with Crippen LogP contribution >= 0.6 is 0 Å². The van der Waals surface area contributed by atoms with Crippen molar-refractivity contribution >= 4 is 11.6 Å². The second kappa shape index (κ2) is 7.14. The third-order valence-corrected chi connectivity index (χ3v) is 2.79. The highest BCUT2D eigenvalue weighted by Crippen LogP contribution is 2.20. The summed E-state index contributed by atoms with van der Waals surface area (Å²) in [6.07, 6.45) is 7.51. The molecule has 1 aromatic carbocycles. The van der Waals surface area contributed by atoms with E-state index in [9.17, 15) is 4.79 Å². The van der Waals surface area contributed by atoms with Gasteiger partial charge in [-0.15, -0.1) is 5.10 Å². The molecular formula is C15H17N5O. The molecule has 6 heteroatoms. The highest BCUT2D eigenvalue weighted by atomic mass is 16.1. The number of aromatic nitrogens is 4. The lowest BCUT2D eigenvalue weighted by molar-refractivity contribution is -0.111. The van der Waals surface area contributed by atoms with Crippen molar-refractivity contribution in [1.29, 1.82) is 0 Å². The van der Waals surface area contributed by atoms with E-state index in [-0.39, 0.29) is 5.91 Å². The summed E-state index contributed by atoms with van der Waals surface area (Å²) >= 11 is 0. The van der Waals surface area contributed by atoms with Gasteiger partial charge < -0.3 is 5.32 Å². The van der Waals surface area contributed by atoms with Gasteiger partial charge in [0, 0.05) is 12.5 Å². The molecular weight excluding hydrogens is 266 g/mol. The fourth-order valence-electron chi connectivity index (χ4n) is 1.81. The zero-order valence-electron chi connectivity index (χ0n) is 12.0. The van der Waals surface area contributed by atoms with Crippen molar-refractivity contribution in [3.05, 3.63) is 54.4 Å². The Morgan fingerprint density at radius 2 is 2.14 bits per heavy atom. The van der Waals surface area contributed by atoms with Gasteiger partial charge in [-0.05, 0) is 29.5 Å². The Balaban J connectivity index is 2.27. The molecule has 0 spiro atoms. The number of allylic oxidation sites excluding steroid dienone is 3. The number of carbonyl (C=O) groups excluding carboxylic acids is 1. The van der Waals surface area contributed by atoms with Crippen LogP contribution in [0.3, 0.4) is 0 Å². The van der Waals surface area contributed by atoms with Gasteiger partial charge in [0.15, 0.2) is 5.82 Å². The SMILES string of the molecule is CC=CC=CC(=O)Nc1ccccc1-n1nnnc1CC. The number of hydrogen-bond acceptors (Lipinski definition) is 4. The first kappa shape index (κ1) is 14.6. The third kappa shape index (κ3) is 3.62. The molecule has 0 fully saturated rings. The number of nitrogens with one attached hydrogen (secondary N) is 1. The summed E-state index contributed by atoms with van der Waals surface area (Å²) in [6.45, 7) is 3.87. The minimum atomic E-state index is -0.202. The number of tetrazole rings is 1. The van der Waals surface area contributed by atoms with Crippen LogP contribution < -0.4 is 5.32 Å². The van der Waals surface area contributed by atoms with Gasteiger partial charge in [0.1, 0.15) is 0 Å². The van der Waals surface area contributed by atoms with Crippen molar-refractivity contribution in [3.63, 3.8) is 0 Å². The van der Waals surface area contributed by atoms with Crippen molar-refractivity contribution in [2.24, 2.45) is 0 Å². The lowest BCUT2D eigenvalue weighted by Gasteiger charge is -2.10. The first-order valence-corrected chi connectivity index (χ1v) is 6.73. The van der Waals surface area contributed by atoms with E-state index >= 15 is 0 Å². The fourth-order valence-corrected chi connectivity index (χ4v) is 1.81. The van der Waals surface area contributed by atoms with E-state index in [0.29, 0.717) is 12.1 Å². The zero-order valence-corrected chi connectivity index (χ0v) is 12.0. The molecule has 0 bridgehead atoms. The van der Waals surface area contributed by atoms with Crippen LogP contribution in [-0.4, -0.2) is 26.1 Å². The smallest absolute Gasteiger partial charge is 0.248 e. The van der Waals surface area contributed by atoms with Gasteiger partial charge in [-0.2, -0.15) is 4.68 Å². The highest BCUT2D eigenvalue weighted by molar-refractivity contribution is 6.00. The van der Waals surface area contributed by atoms with E-state index in [1.54, 1.807) is 16.8 Å². The van der Waals surface area contributed by atoms with Gasteiger partial charge in [-0.1, -0.05) is 37.3 Å². The monoisotopic (exact) mass is 283 g/mol. The molecule has 6 nitrogen and oxygen atoms in total. The molecule has 21 heavy (non-hydrogen) atoms. The van der Waals surface area contributed by atoms with Gasteiger partial charge in [-0.3, -0.25) is 4.79 Å². The summed E-state index contributed by atoms with van der Waals surface area (Å²) in [5.41, 5.74) is 1.40. The molecule has 0 saturated carbocycles. The van der Waals surface area contributed by atoms with Crippen LogP contribution in [0.25, 0.3) is 5.69 Å². The Morgan fingerprint density at radius 3 is 2.90 bits per heavy atom. The van der Waals surface area contributed by atoms with Gasteiger partial charge >= 0.3 is 0 Å². The second-order valence-corrected chi connectivity index (χ2v) is 4.25. The molecule has 0 atom stereocenters. The number of carbonyl (C=O) groups is 1. The highest BCUT2D eigenvalue weighted by Gasteiger charge is 2.11. The van der Waals surface area contributed by atoms with Crippen LogP contribution in [0.2, 0.25) is 0 Å². The largest absolute Gasteiger partial charge is 0.321 e. The molecule has 0 unspecified atom stereocenters. The molecule has 108 valence electrons. The Bertz CT molecular complexity index is 672. The van der Waals surface area contributed by atoms with Crippen LogP contribution in [0.1, 0.15) is 19.7 Å². The van der Waals surface area contributed by atoms with E-state index in [2.05, 4.69) is 20.8 Å². The number of rotatable bonds is 5. The minimum absolute atomic E-state index is 0.202. The Kier molecular flexibility index (Phi) is 4.98. The van der Waals surface area contributed by atoms with E-state index in [0.717, 1.165) is 11.5 Å². The van der Waals surface area contributed by atoms with Crippen LogP contribution in [-0.2, 0) is 11.2 Å². The number of anilines is 1. The lowest BCUT2D eigenvalue weighted by Crippen LogP contribution is -2.12. The van der Waals surface area contributed by atoms with Gasteiger partial charge in [0.05, 0.1) is 11.4 Å². The number of amides is 1. The average molecular weight is 283 g/mol. The lowest BCUT2D eigenvalue weighted by atomic mass is 10.2. The van der Waals surface area contributed by atoms with Gasteiger partial charge in [0.2, 0.25) is 5.91 Å². The van der Waals surface area contributed by atoms with Crippen molar-refractivity contribution in [2.75, 3.05) is 5.32 Å². The number of nitrogens with zero attached hydrogens (tertiary/aromatic N) is 4. The molecule has 0 radical (unpaired) electrons. The second-order valence-electron chi connectivity index (χ2n) is 4.25. The number of aryl methyl sites for hydroxylation is 1. The van der Waals surface area contributed by atoms with Crippen LogP contribution in [0.4, 0.5) is 5.69 Å². The Labute approximate surface area is 123 Å². The number of para-hydroxylation sites is 2. The molecule has 0 aliphatic carbocycles. The predicted octanol–water partition coefficient (Wildman–Crippen LogP) is 2.30. The third-order valence-electron chi connectivity index (χ3n) is 2.79. The summed E-state index contributed by atoms with van der Waals surface area (Å²) in [6, 6.07) is 7.41. The van der Waals surface area contributed by atoms with Crippen LogP contribution in [0.15, 0.2) is 48.6 Å². The molecule has 1 aromatic heterocycles. The summed E-state index contributed by atoms with van der Waals surface area (Å²) in [5.74, 6) is 0.535. The molecule has 2 rings (SSSR count). The van der Waals surface area contributed by atoms with Gasteiger partial charge in [0.25, 0.3) is 0 Å². The molecule has 1 amide bonds. The van der Waals surface area contributed by atoms with E-state index in [1.807, 2.05) is 44.2 Å². The van der Waals surface area contributed by atoms with Gasteiger partial charge in [-0.25, -0.2) is 0 Å². The normalized spacial score (nSPS) is 11.3. The van der Waals surface area contributed by atoms with E-state index in [4.69, 9.17) is 0 Å². The summed E-state index contributed by atoms with van der Waals surface area (Å²) in [7, 11) is 0. The maximum Gasteiger partial charge on any atom is 0.248 e.